The number of ether oxygens (including phenoxy) is 2. The van der Waals surface area contributed by atoms with Crippen LogP contribution >= 0.6 is 11.6 Å². The van der Waals surface area contributed by atoms with Crippen molar-refractivity contribution in [1.82, 2.24) is 9.80 Å². The van der Waals surface area contributed by atoms with Gasteiger partial charge in [-0.25, -0.2) is 4.79 Å². The fourth-order valence-corrected chi connectivity index (χ4v) is 3.34. The first-order valence-electron chi connectivity index (χ1n) is 8.73. The highest BCUT2D eigenvalue weighted by Crippen LogP contribution is 2.23. The first kappa shape index (κ1) is 17.5. The summed E-state index contributed by atoms with van der Waals surface area (Å²) in [6.45, 7) is 5.20. The Hall–Kier alpha value is -1.30. The van der Waals surface area contributed by atoms with Crippen molar-refractivity contribution in [2.75, 3.05) is 45.9 Å². The smallest absolute Gasteiger partial charge is 0.409 e. The van der Waals surface area contributed by atoms with Crippen molar-refractivity contribution in [3.63, 3.8) is 0 Å². The average Bonchev–Trinajstić information content (AvgIpc) is 2.63. The summed E-state index contributed by atoms with van der Waals surface area (Å²) in [4.78, 5) is 16.1. The van der Waals surface area contributed by atoms with E-state index in [9.17, 15) is 4.79 Å². The van der Waals surface area contributed by atoms with E-state index in [0.29, 0.717) is 13.2 Å². The van der Waals surface area contributed by atoms with Gasteiger partial charge in [0.05, 0.1) is 12.7 Å². The van der Waals surface area contributed by atoms with Crippen LogP contribution in [0.4, 0.5) is 4.79 Å². The highest BCUT2D eigenvalue weighted by atomic mass is 35.5. The summed E-state index contributed by atoms with van der Waals surface area (Å²) >= 11 is 5.94. The van der Waals surface area contributed by atoms with Gasteiger partial charge in [0, 0.05) is 37.7 Å². The summed E-state index contributed by atoms with van der Waals surface area (Å²) in [7, 11) is 0. The zero-order chi connectivity index (χ0) is 16.8. The van der Waals surface area contributed by atoms with Gasteiger partial charge in [0.2, 0.25) is 0 Å². The minimum absolute atomic E-state index is 0.0498. The summed E-state index contributed by atoms with van der Waals surface area (Å²) in [6.07, 6.45) is 3.26. The van der Waals surface area contributed by atoms with Gasteiger partial charge in [-0.05, 0) is 37.0 Å². The Morgan fingerprint density at radius 1 is 1.17 bits per heavy atom. The Kier molecular flexibility index (Phi) is 6.35. The summed E-state index contributed by atoms with van der Waals surface area (Å²) in [5.41, 5.74) is 1.13. The predicted molar refractivity (Wildman–Crippen MR) is 93.4 cm³/mol. The molecular formula is C18H25ClN2O3. The number of hydrogen-bond acceptors (Lipinski definition) is 4. The average molecular weight is 353 g/mol. The van der Waals surface area contributed by atoms with E-state index < -0.39 is 0 Å². The molecule has 2 saturated heterocycles. The quantitative estimate of drug-likeness (QED) is 0.833. The molecule has 24 heavy (non-hydrogen) atoms. The fourth-order valence-electron chi connectivity index (χ4n) is 3.21. The number of rotatable bonds is 4. The molecule has 1 aromatic carbocycles. The van der Waals surface area contributed by atoms with Crippen molar-refractivity contribution in [1.29, 1.82) is 0 Å². The SMILES string of the molecule is O=C(OCCN1CCOC(c2ccc(Cl)cc2)C1)N1CCCCC1. The largest absolute Gasteiger partial charge is 0.448 e. The van der Waals surface area contributed by atoms with Crippen molar-refractivity contribution in [3.05, 3.63) is 34.9 Å². The maximum atomic E-state index is 12.0. The van der Waals surface area contributed by atoms with E-state index >= 15 is 0 Å². The number of likely N-dealkylation sites (tertiary alicyclic amines) is 1. The summed E-state index contributed by atoms with van der Waals surface area (Å²) in [5, 5.41) is 0.732. The van der Waals surface area contributed by atoms with Crippen LogP contribution in [0.1, 0.15) is 30.9 Å². The normalized spacial score (nSPS) is 22.4. The highest BCUT2D eigenvalue weighted by Gasteiger charge is 2.23. The number of carbonyl (C=O) groups is 1. The standard InChI is InChI=1S/C18H25ClN2O3/c19-16-6-4-15(5-7-16)17-14-20(10-12-23-17)11-13-24-18(22)21-8-2-1-3-9-21/h4-7,17H,1-3,8-14H2. The highest BCUT2D eigenvalue weighted by molar-refractivity contribution is 6.30. The first-order valence-corrected chi connectivity index (χ1v) is 9.11. The second kappa shape index (κ2) is 8.70. The van der Waals surface area contributed by atoms with E-state index in [1.807, 2.05) is 29.2 Å². The van der Waals surface area contributed by atoms with E-state index in [2.05, 4.69) is 4.90 Å². The molecule has 3 rings (SSSR count). The van der Waals surface area contributed by atoms with Gasteiger partial charge in [-0.15, -0.1) is 0 Å². The number of piperidine rings is 1. The molecule has 1 unspecified atom stereocenters. The molecule has 2 aliphatic heterocycles. The van der Waals surface area contributed by atoms with E-state index in [0.717, 1.165) is 56.2 Å². The molecule has 1 amide bonds. The number of nitrogens with zero attached hydrogens (tertiary/aromatic N) is 2. The lowest BCUT2D eigenvalue weighted by Crippen LogP contribution is -2.41. The van der Waals surface area contributed by atoms with Crippen LogP contribution in [0.15, 0.2) is 24.3 Å². The second-order valence-electron chi connectivity index (χ2n) is 6.37. The predicted octanol–water partition coefficient (Wildman–Crippen LogP) is 3.34. The summed E-state index contributed by atoms with van der Waals surface area (Å²) in [6, 6.07) is 7.79. The molecule has 2 heterocycles. The molecule has 2 aliphatic rings. The molecule has 1 aromatic rings. The number of morpholine rings is 1. The lowest BCUT2D eigenvalue weighted by molar-refractivity contribution is -0.0353. The molecule has 2 fully saturated rings. The lowest BCUT2D eigenvalue weighted by atomic mass is 10.1. The molecule has 0 aromatic heterocycles. The van der Waals surface area contributed by atoms with Gasteiger partial charge in [0.25, 0.3) is 0 Å². The Morgan fingerprint density at radius 2 is 1.92 bits per heavy atom. The van der Waals surface area contributed by atoms with Crippen molar-refractivity contribution in [3.8, 4) is 0 Å². The van der Waals surface area contributed by atoms with Crippen LogP contribution < -0.4 is 0 Å². The van der Waals surface area contributed by atoms with E-state index in [-0.39, 0.29) is 12.2 Å². The molecule has 0 spiro atoms. The lowest BCUT2D eigenvalue weighted by Gasteiger charge is -2.33. The molecule has 6 heteroatoms. The van der Waals surface area contributed by atoms with E-state index in [1.165, 1.54) is 6.42 Å². The van der Waals surface area contributed by atoms with Crippen LogP contribution in [0.5, 0.6) is 0 Å². The molecule has 5 nitrogen and oxygen atoms in total. The van der Waals surface area contributed by atoms with Crippen LogP contribution in [-0.4, -0.2) is 61.8 Å². The zero-order valence-corrected chi connectivity index (χ0v) is 14.7. The van der Waals surface area contributed by atoms with Crippen LogP contribution in [-0.2, 0) is 9.47 Å². The Bertz CT molecular complexity index is 532. The van der Waals surface area contributed by atoms with Gasteiger partial charge >= 0.3 is 6.09 Å². The Labute approximate surface area is 148 Å². The Morgan fingerprint density at radius 3 is 2.67 bits per heavy atom. The van der Waals surface area contributed by atoms with Gasteiger partial charge in [0.1, 0.15) is 6.61 Å². The zero-order valence-electron chi connectivity index (χ0n) is 14.0. The van der Waals surface area contributed by atoms with Crippen molar-refractivity contribution < 1.29 is 14.3 Å². The minimum atomic E-state index is -0.169. The molecule has 0 saturated carbocycles. The van der Waals surface area contributed by atoms with Crippen molar-refractivity contribution >= 4 is 17.7 Å². The number of carbonyl (C=O) groups excluding carboxylic acids is 1. The van der Waals surface area contributed by atoms with E-state index in [1.54, 1.807) is 0 Å². The van der Waals surface area contributed by atoms with Gasteiger partial charge in [-0.3, -0.25) is 4.90 Å². The summed E-state index contributed by atoms with van der Waals surface area (Å²) < 4.78 is 11.3. The second-order valence-corrected chi connectivity index (χ2v) is 6.81. The Balaban J connectivity index is 1.42. The van der Waals surface area contributed by atoms with Crippen LogP contribution in [0.3, 0.4) is 0 Å². The molecule has 0 radical (unpaired) electrons. The van der Waals surface area contributed by atoms with Gasteiger partial charge in [-0.1, -0.05) is 23.7 Å². The minimum Gasteiger partial charge on any atom is -0.448 e. The monoisotopic (exact) mass is 352 g/mol. The van der Waals surface area contributed by atoms with Crippen molar-refractivity contribution in [2.45, 2.75) is 25.4 Å². The third kappa shape index (κ3) is 4.85. The maximum Gasteiger partial charge on any atom is 0.409 e. The van der Waals surface area contributed by atoms with Crippen LogP contribution in [0.2, 0.25) is 5.02 Å². The molecule has 0 aliphatic carbocycles. The number of halogens is 1. The van der Waals surface area contributed by atoms with Crippen LogP contribution in [0, 0.1) is 0 Å². The first-order chi connectivity index (χ1) is 11.7. The molecule has 0 N–H and O–H groups in total. The third-order valence-corrected chi connectivity index (χ3v) is 4.89. The number of amides is 1. The molecule has 1 atom stereocenters. The topological polar surface area (TPSA) is 42.0 Å². The number of benzene rings is 1. The number of hydrogen-bond donors (Lipinski definition) is 0. The fraction of sp³-hybridized carbons (Fsp3) is 0.611. The summed E-state index contributed by atoms with van der Waals surface area (Å²) in [5.74, 6) is 0. The molecule has 0 bridgehead atoms. The maximum absolute atomic E-state index is 12.0. The van der Waals surface area contributed by atoms with Crippen LogP contribution in [0.25, 0.3) is 0 Å². The van der Waals surface area contributed by atoms with Gasteiger partial charge < -0.3 is 14.4 Å². The van der Waals surface area contributed by atoms with Gasteiger partial charge in [-0.2, -0.15) is 0 Å². The third-order valence-electron chi connectivity index (χ3n) is 4.64. The molecular weight excluding hydrogens is 328 g/mol. The van der Waals surface area contributed by atoms with E-state index in [4.69, 9.17) is 21.1 Å². The van der Waals surface area contributed by atoms with Gasteiger partial charge in [0.15, 0.2) is 0 Å². The molecule has 132 valence electrons. The van der Waals surface area contributed by atoms with Crippen molar-refractivity contribution in [2.24, 2.45) is 0 Å².